The summed E-state index contributed by atoms with van der Waals surface area (Å²) >= 11 is 0. The van der Waals surface area contributed by atoms with Crippen LogP contribution in [-0.2, 0) is 0 Å². The number of nitrogens with zero attached hydrogens (tertiary/aromatic N) is 1. The number of ether oxygens (including phenoxy) is 1. The molecular formula is C21H17F2N3O3. The minimum atomic E-state index is -0.907. The van der Waals surface area contributed by atoms with E-state index in [0.717, 1.165) is 12.1 Å². The summed E-state index contributed by atoms with van der Waals surface area (Å²) in [7, 11) is 0. The van der Waals surface area contributed by atoms with Gasteiger partial charge < -0.3 is 15.4 Å². The Kier molecular flexibility index (Phi) is 6.13. The van der Waals surface area contributed by atoms with Gasteiger partial charge in [0.25, 0.3) is 11.8 Å². The molecule has 0 radical (unpaired) electrons. The molecule has 0 saturated heterocycles. The predicted molar refractivity (Wildman–Crippen MR) is 104 cm³/mol. The number of anilines is 2. The fraction of sp³-hybridized carbons (Fsp3) is 0.0952. The van der Waals surface area contributed by atoms with Gasteiger partial charge in [-0.05, 0) is 49.4 Å². The van der Waals surface area contributed by atoms with Crippen molar-refractivity contribution in [3.63, 3.8) is 0 Å². The van der Waals surface area contributed by atoms with Gasteiger partial charge in [0, 0.05) is 24.1 Å². The Balaban J connectivity index is 1.70. The first-order valence-corrected chi connectivity index (χ1v) is 8.72. The maximum atomic E-state index is 13.7. The summed E-state index contributed by atoms with van der Waals surface area (Å²) in [5.41, 5.74) is 0.557. The van der Waals surface area contributed by atoms with Crippen LogP contribution in [0.4, 0.5) is 20.2 Å². The van der Waals surface area contributed by atoms with Crippen molar-refractivity contribution in [2.24, 2.45) is 0 Å². The van der Waals surface area contributed by atoms with E-state index >= 15 is 0 Å². The van der Waals surface area contributed by atoms with Gasteiger partial charge in [-0.25, -0.2) is 8.78 Å². The molecular weight excluding hydrogens is 380 g/mol. The third-order valence-corrected chi connectivity index (χ3v) is 3.87. The topological polar surface area (TPSA) is 80.3 Å². The van der Waals surface area contributed by atoms with Crippen LogP contribution in [0.3, 0.4) is 0 Å². The number of pyridine rings is 1. The molecule has 0 unspecified atom stereocenters. The summed E-state index contributed by atoms with van der Waals surface area (Å²) in [6.45, 7) is 2.41. The average Bonchev–Trinajstić information content (AvgIpc) is 2.72. The monoisotopic (exact) mass is 397 g/mol. The molecule has 2 N–H and O–H groups in total. The highest BCUT2D eigenvalue weighted by Gasteiger charge is 2.14. The molecule has 0 atom stereocenters. The van der Waals surface area contributed by atoms with Crippen LogP contribution in [0, 0.1) is 11.6 Å². The van der Waals surface area contributed by atoms with Crippen LogP contribution in [0.2, 0.25) is 0 Å². The van der Waals surface area contributed by atoms with E-state index in [1.54, 1.807) is 24.3 Å². The fourth-order valence-electron chi connectivity index (χ4n) is 2.48. The molecule has 0 bridgehead atoms. The zero-order chi connectivity index (χ0) is 20.8. The Morgan fingerprint density at radius 3 is 2.21 bits per heavy atom. The molecule has 0 fully saturated rings. The fourth-order valence-corrected chi connectivity index (χ4v) is 2.48. The SMILES string of the molecule is CCOc1ccc(NC(=O)c2cncc(C(=O)Nc3ccc(F)cc3F)c2)cc1. The number of carbonyl (C=O) groups excluding carboxylic acids is 2. The smallest absolute Gasteiger partial charge is 0.257 e. The minimum absolute atomic E-state index is 0.0491. The van der Waals surface area contributed by atoms with Crippen molar-refractivity contribution in [2.45, 2.75) is 6.92 Å². The first kappa shape index (κ1) is 19.9. The molecule has 3 aromatic rings. The lowest BCUT2D eigenvalue weighted by Crippen LogP contribution is -2.16. The molecule has 3 rings (SSSR count). The highest BCUT2D eigenvalue weighted by Crippen LogP contribution is 2.18. The van der Waals surface area contributed by atoms with Crippen LogP contribution in [-0.4, -0.2) is 23.4 Å². The van der Waals surface area contributed by atoms with Crippen molar-refractivity contribution in [1.29, 1.82) is 0 Å². The van der Waals surface area contributed by atoms with Gasteiger partial charge in [-0.3, -0.25) is 14.6 Å². The van der Waals surface area contributed by atoms with Crippen LogP contribution < -0.4 is 15.4 Å². The van der Waals surface area contributed by atoms with E-state index in [0.29, 0.717) is 24.1 Å². The van der Waals surface area contributed by atoms with Gasteiger partial charge in [0.1, 0.15) is 17.4 Å². The molecule has 6 nitrogen and oxygen atoms in total. The first-order chi connectivity index (χ1) is 14.0. The third-order valence-electron chi connectivity index (χ3n) is 3.87. The van der Waals surface area contributed by atoms with E-state index in [1.165, 1.54) is 18.5 Å². The molecule has 29 heavy (non-hydrogen) atoms. The molecule has 2 aromatic carbocycles. The van der Waals surface area contributed by atoms with Crippen molar-refractivity contribution in [3.8, 4) is 5.75 Å². The van der Waals surface area contributed by atoms with Crippen molar-refractivity contribution < 1.29 is 23.1 Å². The number of carbonyl (C=O) groups is 2. The summed E-state index contributed by atoms with van der Waals surface area (Å²) in [5.74, 6) is -2.13. The predicted octanol–water partition coefficient (Wildman–Crippen LogP) is 4.26. The van der Waals surface area contributed by atoms with E-state index < -0.39 is 23.4 Å². The van der Waals surface area contributed by atoms with Crippen LogP contribution in [0.25, 0.3) is 0 Å². The number of halogens is 2. The van der Waals surface area contributed by atoms with Crippen LogP contribution in [0.1, 0.15) is 27.6 Å². The van der Waals surface area contributed by atoms with Gasteiger partial charge in [-0.1, -0.05) is 0 Å². The number of hydrogen-bond acceptors (Lipinski definition) is 4. The summed E-state index contributed by atoms with van der Waals surface area (Å²) < 4.78 is 32.0. The molecule has 1 aromatic heterocycles. The van der Waals surface area contributed by atoms with E-state index in [2.05, 4.69) is 15.6 Å². The molecule has 0 saturated carbocycles. The number of benzene rings is 2. The number of amides is 2. The molecule has 2 amide bonds. The molecule has 0 aliphatic rings. The number of nitrogens with one attached hydrogen (secondary N) is 2. The molecule has 0 aliphatic heterocycles. The van der Waals surface area contributed by atoms with Gasteiger partial charge >= 0.3 is 0 Å². The second kappa shape index (κ2) is 8.92. The zero-order valence-electron chi connectivity index (χ0n) is 15.4. The quantitative estimate of drug-likeness (QED) is 0.651. The Labute approximate surface area is 165 Å². The number of hydrogen-bond donors (Lipinski definition) is 2. The van der Waals surface area contributed by atoms with E-state index in [9.17, 15) is 18.4 Å². The van der Waals surface area contributed by atoms with Gasteiger partial charge in [0.2, 0.25) is 0 Å². The molecule has 8 heteroatoms. The van der Waals surface area contributed by atoms with E-state index in [-0.39, 0.29) is 16.8 Å². The van der Waals surface area contributed by atoms with Gasteiger partial charge in [-0.15, -0.1) is 0 Å². The molecule has 148 valence electrons. The van der Waals surface area contributed by atoms with E-state index in [4.69, 9.17) is 4.74 Å². The molecule has 0 spiro atoms. The number of aromatic nitrogens is 1. The van der Waals surface area contributed by atoms with Gasteiger partial charge in [0.15, 0.2) is 0 Å². The van der Waals surface area contributed by atoms with Gasteiger partial charge in [-0.2, -0.15) is 0 Å². The Morgan fingerprint density at radius 2 is 1.59 bits per heavy atom. The van der Waals surface area contributed by atoms with Crippen molar-refractivity contribution in [1.82, 2.24) is 4.98 Å². The Bertz CT molecular complexity index is 1040. The van der Waals surface area contributed by atoms with Crippen LogP contribution >= 0.6 is 0 Å². The van der Waals surface area contributed by atoms with Crippen LogP contribution in [0.15, 0.2) is 60.9 Å². The standard InChI is InChI=1S/C21H17F2N3O3/c1-2-29-17-6-4-16(5-7-17)25-20(27)13-9-14(12-24-11-13)21(28)26-19-8-3-15(22)10-18(19)23/h3-12H,2H2,1H3,(H,25,27)(H,26,28). The second-order valence-corrected chi connectivity index (χ2v) is 5.95. The summed E-state index contributed by atoms with van der Waals surface area (Å²) in [6, 6.07) is 10.9. The first-order valence-electron chi connectivity index (χ1n) is 8.72. The summed E-state index contributed by atoms with van der Waals surface area (Å²) in [6.07, 6.45) is 2.55. The van der Waals surface area contributed by atoms with Gasteiger partial charge in [0.05, 0.1) is 23.4 Å². The lowest BCUT2D eigenvalue weighted by atomic mass is 10.1. The normalized spacial score (nSPS) is 10.3. The molecule has 0 aliphatic carbocycles. The van der Waals surface area contributed by atoms with Crippen molar-refractivity contribution in [2.75, 3.05) is 17.2 Å². The lowest BCUT2D eigenvalue weighted by Gasteiger charge is -2.09. The average molecular weight is 397 g/mol. The minimum Gasteiger partial charge on any atom is -0.494 e. The number of rotatable bonds is 6. The summed E-state index contributed by atoms with van der Waals surface area (Å²) in [4.78, 5) is 28.6. The highest BCUT2D eigenvalue weighted by atomic mass is 19.1. The zero-order valence-corrected chi connectivity index (χ0v) is 15.4. The maximum Gasteiger partial charge on any atom is 0.257 e. The van der Waals surface area contributed by atoms with Crippen molar-refractivity contribution >= 4 is 23.2 Å². The Hall–Kier alpha value is -3.81. The van der Waals surface area contributed by atoms with E-state index in [1.807, 2.05) is 6.92 Å². The maximum absolute atomic E-state index is 13.7. The Morgan fingerprint density at radius 1 is 0.931 bits per heavy atom. The van der Waals surface area contributed by atoms with Crippen molar-refractivity contribution in [3.05, 3.63) is 83.7 Å². The van der Waals surface area contributed by atoms with Crippen LogP contribution in [0.5, 0.6) is 5.75 Å². The highest BCUT2D eigenvalue weighted by molar-refractivity contribution is 6.08. The summed E-state index contributed by atoms with van der Waals surface area (Å²) in [5, 5.41) is 5.01. The molecule has 1 heterocycles. The largest absolute Gasteiger partial charge is 0.494 e. The lowest BCUT2D eigenvalue weighted by molar-refractivity contribution is 0.102. The second-order valence-electron chi connectivity index (χ2n) is 5.95. The third kappa shape index (κ3) is 5.13.